The fourth-order valence-corrected chi connectivity index (χ4v) is 2.07. The second-order valence-electron chi connectivity index (χ2n) is 4.64. The first kappa shape index (κ1) is 12.4. The second kappa shape index (κ2) is 5.53. The van der Waals surface area contributed by atoms with E-state index in [1.807, 2.05) is 54.6 Å². The largest absolute Gasteiger partial charge is 0.316 e. The summed E-state index contributed by atoms with van der Waals surface area (Å²) in [4.78, 5) is 4.16. The molecule has 0 radical (unpaired) electrons. The first-order valence-corrected chi connectivity index (χ1v) is 6.54. The molecule has 0 saturated carbocycles. The Bertz CT molecular complexity index is 710. The van der Waals surface area contributed by atoms with Crippen molar-refractivity contribution in [1.29, 1.82) is 0 Å². The smallest absolute Gasteiger partial charge is 0.169 e. The van der Waals surface area contributed by atoms with Crippen LogP contribution in [0, 0.1) is 0 Å². The summed E-state index contributed by atoms with van der Waals surface area (Å²) >= 11 is 0. The first-order valence-electron chi connectivity index (χ1n) is 6.54. The molecule has 0 aromatic carbocycles. The average molecular weight is 262 g/mol. The van der Waals surface area contributed by atoms with Gasteiger partial charge in [0.1, 0.15) is 7.05 Å². The topological polar surface area (TPSA) is 21.7 Å². The number of pyridine rings is 2. The number of aryl methyl sites for hydroxylation is 1. The van der Waals surface area contributed by atoms with Gasteiger partial charge in [-0.2, -0.15) is 0 Å². The van der Waals surface area contributed by atoms with E-state index in [9.17, 15) is 0 Å². The number of hydrogen-bond donors (Lipinski definition) is 0. The van der Waals surface area contributed by atoms with E-state index in [2.05, 4.69) is 39.9 Å². The Kier molecular flexibility index (Phi) is 3.42. The minimum Gasteiger partial charge on any atom is -0.316 e. The summed E-state index contributed by atoms with van der Waals surface area (Å²) in [6.07, 6.45) is 14.0. The Morgan fingerprint density at radius 3 is 2.65 bits per heavy atom. The Morgan fingerprint density at radius 2 is 1.90 bits per heavy atom. The minimum atomic E-state index is 1.07. The third-order valence-electron chi connectivity index (χ3n) is 3.16. The molecule has 0 aliphatic heterocycles. The normalized spacial score (nSPS) is 11.1. The quantitative estimate of drug-likeness (QED) is 0.665. The molecule has 0 saturated heterocycles. The Morgan fingerprint density at radius 1 is 1.05 bits per heavy atom. The Balaban J connectivity index is 1.89. The van der Waals surface area contributed by atoms with E-state index in [1.54, 1.807) is 6.20 Å². The summed E-state index contributed by atoms with van der Waals surface area (Å²) < 4.78 is 4.14. The van der Waals surface area contributed by atoms with Gasteiger partial charge in [-0.1, -0.05) is 6.08 Å². The molecule has 3 heteroatoms. The molecule has 0 atom stereocenters. The summed E-state index contributed by atoms with van der Waals surface area (Å²) in [5, 5.41) is 0. The van der Waals surface area contributed by atoms with Crippen molar-refractivity contribution in [1.82, 2.24) is 9.55 Å². The van der Waals surface area contributed by atoms with Gasteiger partial charge in [0, 0.05) is 30.2 Å². The number of rotatable bonds is 3. The molecule has 0 fully saturated rings. The molecule has 0 aliphatic carbocycles. The van der Waals surface area contributed by atoms with Crippen molar-refractivity contribution in [2.24, 2.45) is 7.05 Å². The van der Waals surface area contributed by atoms with Crippen molar-refractivity contribution in [3.8, 4) is 5.69 Å². The molecule has 0 aliphatic rings. The van der Waals surface area contributed by atoms with Gasteiger partial charge >= 0.3 is 0 Å². The number of hydrogen-bond acceptors (Lipinski definition) is 1. The number of nitrogens with zero attached hydrogens (tertiary/aromatic N) is 3. The van der Waals surface area contributed by atoms with Crippen LogP contribution in [-0.2, 0) is 7.05 Å². The summed E-state index contributed by atoms with van der Waals surface area (Å²) in [5.41, 5.74) is 3.38. The maximum absolute atomic E-state index is 4.16. The van der Waals surface area contributed by atoms with E-state index in [4.69, 9.17) is 0 Å². The molecule has 0 bridgehead atoms. The Labute approximate surface area is 118 Å². The van der Waals surface area contributed by atoms with E-state index in [0.29, 0.717) is 0 Å². The van der Waals surface area contributed by atoms with Crippen molar-refractivity contribution in [3.63, 3.8) is 0 Å². The maximum atomic E-state index is 4.16. The van der Waals surface area contributed by atoms with Crippen LogP contribution in [-0.4, -0.2) is 9.55 Å². The van der Waals surface area contributed by atoms with Crippen LogP contribution in [0.5, 0.6) is 0 Å². The van der Waals surface area contributed by atoms with E-state index in [-0.39, 0.29) is 0 Å². The molecule has 0 amide bonds. The van der Waals surface area contributed by atoms with Gasteiger partial charge in [0.25, 0.3) is 0 Å². The van der Waals surface area contributed by atoms with E-state index >= 15 is 0 Å². The standard InChI is InChI=1S/C17H16N3/c1-19-12-8-15(9-13-19)6-7-16-5-3-11-20(16)17-4-2-10-18-14-17/h2-14H,1H3/q+1. The lowest BCUT2D eigenvalue weighted by atomic mass is 10.2. The summed E-state index contributed by atoms with van der Waals surface area (Å²) in [7, 11) is 2.01. The molecule has 98 valence electrons. The molecule has 3 aromatic heterocycles. The fraction of sp³-hybridized carbons (Fsp3) is 0.0588. The minimum absolute atomic E-state index is 1.07. The highest BCUT2D eigenvalue weighted by atomic mass is 15.0. The fourth-order valence-electron chi connectivity index (χ4n) is 2.07. The maximum Gasteiger partial charge on any atom is 0.169 e. The van der Waals surface area contributed by atoms with Crippen LogP contribution in [0.4, 0.5) is 0 Å². The zero-order valence-electron chi connectivity index (χ0n) is 11.3. The van der Waals surface area contributed by atoms with Crippen LogP contribution >= 0.6 is 0 Å². The Hall–Kier alpha value is -2.68. The van der Waals surface area contributed by atoms with Gasteiger partial charge in [-0.3, -0.25) is 4.98 Å². The van der Waals surface area contributed by atoms with Crippen molar-refractivity contribution in [2.45, 2.75) is 0 Å². The first-order chi connectivity index (χ1) is 9.83. The van der Waals surface area contributed by atoms with E-state index in [0.717, 1.165) is 11.4 Å². The van der Waals surface area contributed by atoms with Crippen LogP contribution in [0.2, 0.25) is 0 Å². The lowest BCUT2D eigenvalue weighted by Gasteiger charge is -2.05. The highest BCUT2D eigenvalue weighted by molar-refractivity contribution is 5.68. The van der Waals surface area contributed by atoms with Crippen molar-refractivity contribution < 1.29 is 4.57 Å². The summed E-state index contributed by atoms with van der Waals surface area (Å²) in [6, 6.07) is 12.3. The molecular formula is C17H16N3+. The molecule has 0 N–H and O–H groups in total. The molecular weight excluding hydrogens is 246 g/mol. The lowest BCUT2D eigenvalue weighted by molar-refractivity contribution is -0.671. The summed E-state index contributed by atoms with van der Waals surface area (Å²) in [5.74, 6) is 0. The summed E-state index contributed by atoms with van der Waals surface area (Å²) in [6.45, 7) is 0. The third kappa shape index (κ3) is 2.67. The molecule has 3 heterocycles. The third-order valence-corrected chi connectivity index (χ3v) is 3.16. The van der Waals surface area contributed by atoms with Crippen LogP contribution in [0.15, 0.2) is 67.4 Å². The van der Waals surface area contributed by atoms with Gasteiger partial charge in [0.2, 0.25) is 0 Å². The molecule has 3 aromatic rings. The van der Waals surface area contributed by atoms with Gasteiger partial charge in [-0.05, 0) is 35.9 Å². The van der Waals surface area contributed by atoms with Gasteiger partial charge in [0.15, 0.2) is 12.4 Å². The van der Waals surface area contributed by atoms with Gasteiger partial charge < -0.3 is 4.57 Å². The number of aromatic nitrogens is 3. The lowest BCUT2D eigenvalue weighted by Crippen LogP contribution is -2.25. The van der Waals surface area contributed by atoms with Crippen LogP contribution in [0.1, 0.15) is 11.3 Å². The van der Waals surface area contributed by atoms with Gasteiger partial charge in [-0.25, -0.2) is 4.57 Å². The molecule has 3 nitrogen and oxygen atoms in total. The second-order valence-corrected chi connectivity index (χ2v) is 4.64. The zero-order valence-corrected chi connectivity index (χ0v) is 11.3. The van der Waals surface area contributed by atoms with E-state index < -0.39 is 0 Å². The SMILES string of the molecule is C[n+]1ccc(/C=C/c2cccn2-c2cccnc2)cc1. The van der Waals surface area contributed by atoms with Crippen molar-refractivity contribution in [3.05, 3.63) is 78.6 Å². The van der Waals surface area contributed by atoms with Crippen molar-refractivity contribution >= 4 is 12.2 Å². The highest BCUT2D eigenvalue weighted by Crippen LogP contribution is 2.14. The molecule has 20 heavy (non-hydrogen) atoms. The van der Waals surface area contributed by atoms with Crippen molar-refractivity contribution in [2.75, 3.05) is 0 Å². The predicted octanol–water partition coefficient (Wildman–Crippen LogP) is 2.87. The van der Waals surface area contributed by atoms with Crippen LogP contribution in [0.25, 0.3) is 17.8 Å². The molecule has 0 unspecified atom stereocenters. The zero-order chi connectivity index (χ0) is 13.8. The van der Waals surface area contributed by atoms with E-state index in [1.165, 1.54) is 5.56 Å². The molecule has 0 spiro atoms. The monoisotopic (exact) mass is 262 g/mol. The van der Waals surface area contributed by atoms with Crippen LogP contribution < -0.4 is 4.57 Å². The van der Waals surface area contributed by atoms with Gasteiger partial charge in [0.05, 0.1) is 11.9 Å². The van der Waals surface area contributed by atoms with Gasteiger partial charge in [-0.15, -0.1) is 0 Å². The predicted molar refractivity (Wildman–Crippen MR) is 80.1 cm³/mol. The van der Waals surface area contributed by atoms with Crippen LogP contribution in [0.3, 0.4) is 0 Å². The average Bonchev–Trinajstić information content (AvgIpc) is 2.96. The molecule has 3 rings (SSSR count). The highest BCUT2D eigenvalue weighted by Gasteiger charge is 2.00.